The molecule has 2 aliphatic rings. The van der Waals surface area contributed by atoms with Gasteiger partial charge in [0.25, 0.3) is 5.91 Å². The van der Waals surface area contributed by atoms with Gasteiger partial charge < -0.3 is 14.6 Å². The molecule has 8 heteroatoms. The Hall–Kier alpha value is -2.64. The molecule has 8 nitrogen and oxygen atoms in total. The van der Waals surface area contributed by atoms with Crippen molar-refractivity contribution in [2.45, 2.75) is 39.7 Å². The third-order valence-corrected chi connectivity index (χ3v) is 4.78. The lowest BCUT2D eigenvalue weighted by molar-refractivity contribution is -0.127. The van der Waals surface area contributed by atoms with Crippen LogP contribution in [0.3, 0.4) is 0 Å². The number of aromatic nitrogens is 1. The van der Waals surface area contributed by atoms with Crippen LogP contribution in [-0.4, -0.2) is 64.2 Å². The Morgan fingerprint density at radius 3 is 2.64 bits per heavy atom. The number of fused-ring (bicyclic) bond motifs is 1. The largest absolute Gasteiger partial charge is 0.462 e. The van der Waals surface area contributed by atoms with Crippen LogP contribution in [0.5, 0.6) is 0 Å². The van der Waals surface area contributed by atoms with Crippen molar-refractivity contribution in [3.05, 3.63) is 22.5 Å². The minimum Gasteiger partial charge on any atom is -0.462 e. The number of H-pyrrole nitrogens is 1. The lowest BCUT2D eigenvalue weighted by Crippen LogP contribution is -2.37. The summed E-state index contributed by atoms with van der Waals surface area (Å²) in [4.78, 5) is 54.7. The number of rotatable bonds is 5. The Bertz CT molecular complexity index is 745. The molecule has 0 saturated carbocycles. The zero-order chi connectivity index (χ0) is 18.3. The highest BCUT2D eigenvalue weighted by atomic mass is 16.5. The number of carbonyl (C=O) groups is 4. The fourth-order valence-corrected chi connectivity index (χ4v) is 3.59. The summed E-state index contributed by atoms with van der Waals surface area (Å²) in [5, 5.41) is 0. The molecule has 0 unspecified atom stereocenters. The number of hydrogen-bond acceptors (Lipinski definition) is 5. The Balaban J connectivity index is 1.81. The van der Waals surface area contributed by atoms with Crippen LogP contribution in [0.1, 0.15) is 51.9 Å². The van der Waals surface area contributed by atoms with Gasteiger partial charge >= 0.3 is 12.0 Å². The molecule has 1 aromatic heterocycles. The van der Waals surface area contributed by atoms with Gasteiger partial charge in [0.15, 0.2) is 5.78 Å². The molecule has 2 saturated heterocycles. The van der Waals surface area contributed by atoms with E-state index in [0.29, 0.717) is 29.8 Å². The van der Waals surface area contributed by atoms with E-state index in [1.165, 1.54) is 4.90 Å². The number of carbonyl (C=O) groups excluding carboxylic acids is 4. The number of ketones is 1. The van der Waals surface area contributed by atoms with Crippen LogP contribution in [0.15, 0.2) is 0 Å². The fraction of sp³-hybridized carbons (Fsp3) is 0.529. The Morgan fingerprint density at radius 2 is 2.00 bits per heavy atom. The van der Waals surface area contributed by atoms with Crippen molar-refractivity contribution in [2.75, 3.05) is 19.7 Å². The minimum atomic E-state index is -0.498. The van der Waals surface area contributed by atoms with Gasteiger partial charge in [0.05, 0.1) is 24.4 Å². The summed E-state index contributed by atoms with van der Waals surface area (Å²) in [5.74, 6) is -1.22. The average molecular weight is 347 g/mol. The van der Waals surface area contributed by atoms with Crippen molar-refractivity contribution < 1.29 is 23.9 Å². The first-order valence-corrected chi connectivity index (χ1v) is 8.38. The molecular formula is C17H21N3O5. The van der Waals surface area contributed by atoms with E-state index in [-0.39, 0.29) is 24.8 Å². The van der Waals surface area contributed by atoms with Crippen LogP contribution in [0, 0.1) is 13.8 Å². The summed E-state index contributed by atoms with van der Waals surface area (Å²) in [6.07, 6.45) is 1.45. The maximum atomic E-state index is 12.6. The van der Waals surface area contributed by atoms with Crippen molar-refractivity contribution in [3.63, 3.8) is 0 Å². The van der Waals surface area contributed by atoms with E-state index in [0.717, 1.165) is 11.3 Å². The predicted molar refractivity (Wildman–Crippen MR) is 87.4 cm³/mol. The summed E-state index contributed by atoms with van der Waals surface area (Å²) in [6, 6.07) is -0.839. The molecule has 1 atom stereocenters. The van der Waals surface area contributed by atoms with Gasteiger partial charge in [0.2, 0.25) is 0 Å². The zero-order valence-electron chi connectivity index (χ0n) is 14.5. The average Bonchev–Trinajstić information content (AvgIpc) is 3.21. The van der Waals surface area contributed by atoms with Gasteiger partial charge in [-0.15, -0.1) is 0 Å². The van der Waals surface area contributed by atoms with Crippen LogP contribution >= 0.6 is 0 Å². The number of aromatic amines is 1. The highest BCUT2D eigenvalue weighted by Crippen LogP contribution is 2.28. The van der Waals surface area contributed by atoms with Crippen molar-refractivity contribution in [2.24, 2.45) is 0 Å². The molecule has 0 radical (unpaired) electrons. The highest BCUT2D eigenvalue weighted by molar-refractivity contribution is 6.10. The van der Waals surface area contributed by atoms with Crippen LogP contribution in [0.4, 0.5) is 4.79 Å². The lowest BCUT2D eigenvalue weighted by atomic mass is 10.1. The molecule has 3 heterocycles. The molecule has 134 valence electrons. The van der Waals surface area contributed by atoms with E-state index >= 15 is 0 Å². The van der Waals surface area contributed by atoms with E-state index in [4.69, 9.17) is 4.74 Å². The van der Waals surface area contributed by atoms with Gasteiger partial charge in [0.1, 0.15) is 6.04 Å². The van der Waals surface area contributed by atoms with Crippen LogP contribution in [0.25, 0.3) is 0 Å². The van der Waals surface area contributed by atoms with Crippen molar-refractivity contribution in [3.8, 4) is 0 Å². The number of Topliss-reactive ketones (excluding diaryl/α,β-unsaturated/α-hetero) is 1. The molecule has 0 aliphatic carbocycles. The quantitative estimate of drug-likeness (QED) is 0.493. The standard InChI is InChI=1S/C17H21N3O5/c1-4-25-16(23)13-9(2)14(18-10(13)3)12(21)8-20-15(22)11-6-5-7-19(11)17(20)24/h11,18H,4-8H2,1-3H3/t11-/m1/s1. The van der Waals surface area contributed by atoms with Gasteiger partial charge in [-0.3, -0.25) is 14.5 Å². The molecular weight excluding hydrogens is 326 g/mol. The molecule has 25 heavy (non-hydrogen) atoms. The number of imide groups is 1. The molecule has 3 amide bonds. The van der Waals surface area contributed by atoms with Gasteiger partial charge in [0, 0.05) is 12.2 Å². The summed E-state index contributed by atoms with van der Waals surface area (Å²) in [6.45, 7) is 5.49. The lowest BCUT2D eigenvalue weighted by Gasteiger charge is -2.14. The second-order valence-electron chi connectivity index (χ2n) is 6.33. The van der Waals surface area contributed by atoms with Crippen molar-refractivity contribution in [1.82, 2.24) is 14.8 Å². The summed E-state index contributed by atoms with van der Waals surface area (Å²) >= 11 is 0. The van der Waals surface area contributed by atoms with Gasteiger partial charge in [-0.25, -0.2) is 9.59 Å². The summed E-state index contributed by atoms with van der Waals surface area (Å²) in [5.41, 5.74) is 1.55. The number of amides is 3. The number of hydrogen-bond donors (Lipinski definition) is 1. The van der Waals surface area contributed by atoms with Crippen molar-refractivity contribution >= 4 is 23.7 Å². The first-order chi connectivity index (χ1) is 11.9. The monoisotopic (exact) mass is 347 g/mol. The first kappa shape index (κ1) is 17.2. The number of ether oxygens (including phenoxy) is 1. The summed E-state index contributed by atoms with van der Waals surface area (Å²) < 4.78 is 5.00. The first-order valence-electron chi connectivity index (χ1n) is 8.38. The maximum Gasteiger partial charge on any atom is 0.340 e. The topological polar surface area (TPSA) is 99.8 Å². The zero-order valence-corrected chi connectivity index (χ0v) is 14.5. The van der Waals surface area contributed by atoms with Crippen molar-refractivity contribution in [1.29, 1.82) is 0 Å². The molecule has 2 aliphatic heterocycles. The Kier molecular flexibility index (Phi) is 4.36. The van der Waals surface area contributed by atoms with Crippen LogP contribution in [0.2, 0.25) is 0 Å². The molecule has 0 spiro atoms. The van der Waals surface area contributed by atoms with Crippen LogP contribution in [-0.2, 0) is 9.53 Å². The summed E-state index contributed by atoms with van der Waals surface area (Å²) in [7, 11) is 0. The van der Waals surface area contributed by atoms with Crippen LogP contribution < -0.4 is 0 Å². The number of esters is 1. The SMILES string of the molecule is CCOC(=O)c1c(C)[nH]c(C(=O)CN2C(=O)[C@H]3CCCN3C2=O)c1C. The third-order valence-electron chi connectivity index (χ3n) is 4.78. The van der Waals surface area contributed by atoms with E-state index in [1.54, 1.807) is 20.8 Å². The second-order valence-corrected chi connectivity index (χ2v) is 6.33. The maximum absolute atomic E-state index is 12.6. The number of nitrogens with zero attached hydrogens (tertiary/aromatic N) is 2. The number of aryl methyl sites for hydroxylation is 1. The highest BCUT2D eigenvalue weighted by Gasteiger charge is 2.48. The molecule has 2 fully saturated rings. The number of urea groups is 1. The van der Waals surface area contributed by atoms with Gasteiger partial charge in [-0.05, 0) is 39.2 Å². The van der Waals surface area contributed by atoms with E-state index in [2.05, 4.69) is 4.98 Å². The van der Waals surface area contributed by atoms with E-state index in [9.17, 15) is 19.2 Å². The Labute approximate surface area is 145 Å². The molecule has 1 aromatic rings. The predicted octanol–water partition coefficient (Wildman–Crippen LogP) is 1.42. The minimum absolute atomic E-state index is 0.230. The molecule has 0 aromatic carbocycles. The molecule has 1 N–H and O–H groups in total. The van der Waals surface area contributed by atoms with E-state index < -0.39 is 23.8 Å². The number of nitrogens with one attached hydrogen (secondary N) is 1. The molecule has 0 bridgehead atoms. The van der Waals surface area contributed by atoms with E-state index in [1.807, 2.05) is 0 Å². The van der Waals surface area contributed by atoms with Gasteiger partial charge in [-0.1, -0.05) is 0 Å². The van der Waals surface area contributed by atoms with Gasteiger partial charge in [-0.2, -0.15) is 0 Å². The third kappa shape index (κ3) is 2.71. The normalized spacial score (nSPS) is 19.6. The molecule has 3 rings (SSSR count). The Morgan fingerprint density at radius 1 is 1.28 bits per heavy atom. The fourth-order valence-electron chi connectivity index (χ4n) is 3.59. The second kappa shape index (κ2) is 6.34. The smallest absolute Gasteiger partial charge is 0.340 e.